The molecule has 1 aromatic heterocycles. The molecule has 6 nitrogen and oxygen atoms in total. The van der Waals surface area contributed by atoms with Crippen LogP contribution >= 0.6 is 11.8 Å². The van der Waals surface area contributed by atoms with Crippen LogP contribution in [0.15, 0.2) is 41.8 Å². The lowest BCUT2D eigenvalue weighted by Gasteiger charge is -2.13. The predicted octanol–water partition coefficient (Wildman–Crippen LogP) is 1.38. The molecule has 0 bridgehead atoms. The number of thioether (sulfide) groups is 1. The summed E-state index contributed by atoms with van der Waals surface area (Å²) in [6.45, 7) is 2.30. The molecule has 0 unspecified atom stereocenters. The molecule has 0 saturated heterocycles. The molecular formula is C16H21N3O3S. The average molecular weight is 335 g/mol. The predicted molar refractivity (Wildman–Crippen MR) is 89.6 cm³/mol. The van der Waals surface area contributed by atoms with Crippen LogP contribution < -0.4 is 10.1 Å². The molecule has 0 saturated carbocycles. The zero-order valence-corrected chi connectivity index (χ0v) is 14.0. The van der Waals surface area contributed by atoms with Crippen LogP contribution in [0.25, 0.3) is 0 Å². The van der Waals surface area contributed by atoms with Crippen LogP contribution in [-0.4, -0.2) is 45.6 Å². The maximum Gasteiger partial charge on any atom is 0.252 e. The number of amides is 1. The molecule has 0 aliphatic carbocycles. The van der Waals surface area contributed by atoms with Crippen LogP contribution in [0, 0.1) is 6.92 Å². The largest absolute Gasteiger partial charge is 0.490 e. The molecule has 0 fully saturated rings. The van der Waals surface area contributed by atoms with Crippen molar-refractivity contribution in [1.82, 2.24) is 14.9 Å². The van der Waals surface area contributed by atoms with Gasteiger partial charge in [0.25, 0.3) is 5.91 Å². The van der Waals surface area contributed by atoms with E-state index in [0.29, 0.717) is 18.0 Å². The first-order valence-corrected chi connectivity index (χ1v) is 8.31. The number of hydrogen-bond acceptors (Lipinski definition) is 5. The lowest BCUT2D eigenvalue weighted by Crippen LogP contribution is -2.39. The highest BCUT2D eigenvalue weighted by atomic mass is 32.2. The second-order valence-electron chi connectivity index (χ2n) is 5.05. The van der Waals surface area contributed by atoms with Gasteiger partial charge >= 0.3 is 0 Å². The molecule has 1 aromatic carbocycles. The second-order valence-corrected chi connectivity index (χ2v) is 6.11. The number of aliphatic hydroxyl groups excluding tert-OH is 1. The number of nitrogens with one attached hydrogen (secondary N) is 1. The number of rotatable bonds is 8. The standard InChI is InChI=1S/C16H21N3O3S/c1-12-5-3-4-6-14(12)22-11-13(20)15(21)17-8-10-23-16-18-7-9-19(16)2/h3-7,9,13,20H,8,10-11H2,1-2H3,(H,17,21)/t13-/m1/s1. The minimum atomic E-state index is -1.19. The third-order valence-corrected chi connectivity index (χ3v) is 4.26. The molecule has 2 aromatic rings. The molecular weight excluding hydrogens is 314 g/mol. The number of carbonyl (C=O) groups excluding carboxylic acids is 1. The Morgan fingerprint density at radius 1 is 1.48 bits per heavy atom. The van der Waals surface area contributed by atoms with E-state index in [1.807, 2.05) is 49.0 Å². The average Bonchev–Trinajstić information content (AvgIpc) is 2.95. The maximum atomic E-state index is 11.8. The van der Waals surface area contributed by atoms with Crippen molar-refractivity contribution in [3.63, 3.8) is 0 Å². The van der Waals surface area contributed by atoms with Gasteiger partial charge in [-0.25, -0.2) is 4.98 Å². The van der Waals surface area contributed by atoms with Crippen LogP contribution in [0.2, 0.25) is 0 Å². The molecule has 0 aliphatic rings. The Balaban J connectivity index is 1.67. The number of imidazole rings is 1. The molecule has 2 rings (SSSR count). The number of benzene rings is 1. The molecule has 2 N–H and O–H groups in total. The number of aryl methyl sites for hydroxylation is 2. The summed E-state index contributed by atoms with van der Waals surface area (Å²) in [6.07, 6.45) is 2.41. The third-order valence-electron chi connectivity index (χ3n) is 3.20. The highest BCUT2D eigenvalue weighted by Gasteiger charge is 2.15. The summed E-state index contributed by atoms with van der Waals surface area (Å²) in [7, 11) is 1.92. The van der Waals surface area contributed by atoms with Crippen molar-refractivity contribution in [1.29, 1.82) is 0 Å². The first kappa shape index (κ1) is 17.4. The van der Waals surface area contributed by atoms with Crippen molar-refractivity contribution in [3.05, 3.63) is 42.2 Å². The molecule has 0 aliphatic heterocycles. The van der Waals surface area contributed by atoms with E-state index in [-0.39, 0.29) is 6.61 Å². The number of ether oxygens (including phenoxy) is 1. The third kappa shape index (κ3) is 5.30. The summed E-state index contributed by atoms with van der Waals surface area (Å²) >= 11 is 1.54. The van der Waals surface area contributed by atoms with E-state index in [4.69, 9.17) is 4.74 Å². The van der Waals surface area contributed by atoms with Crippen LogP contribution in [0.3, 0.4) is 0 Å². The number of carbonyl (C=O) groups is 1. The lowest BCUT2D eigenvalue weighted by atomic mass is 10.2. The van der Waals surface area contributed by atoms with Gasteiger partial charge in [-0.2, -0.15) is 0 Å². The smallest absolute Gasteiger partial charge is 0.252 e. The Labute approximate surface area is 139 Å². The van der Waals surface area contributed by atoms with E-state index >= 15 is 0 Å². The number of aliphatic hydroxyl groups is 1. The fourth-order valence-corrected chi connectivity index (χ4v) is 2.67. The Bertz CT molecular complexity index is 645. The highest BCUT2D eigenvalue weighted by Crippen LogP contribution is 2.16. The lowest BCUT2D eigenvalue weighted by molar-refractivity contribution is -0.130. The van der Waals surface area contributed by atoms with Gasteiger partial charge in [0.15, 0.2) is 11.3 Å². The van der Waals surface area contributed by atoms with E-state index in [0.717, 1.165) is 10.7 Å². The van der Waals surface area contributed by atoms with Crippen molar-refractivity contribution in [3.8, 4) is 5.75 Å². The van der Waals surface area contributed by atoms with Gasteiger partial charge in [-0.3, -0.25) is 4.79 Å². The monoisotopic (exact) mass is 335 g/mol. The van der Waals surface area contributed by atoms with Crippen LogP contribution in [-0.2, 0) is 11.8 Å². The van der Waals surface area contributed by atoms with Gasteiger partial charge in [-0.1, -0.05) is 30.0 Å². The van der Waals surface area contributed by atoms with Crippen molar-refractivity contribution in [2.45, 2.75) is 18.2 Å². The number of para-hydroxylation sites is 1. The maximum absolute atomic E-state index is 11.8. The zero-order valence-electron chi connectivity index (χ0n) is 13.2. The van der Waals surface area contributed by atoms with Crippen molar-refractivity contribution < 1.29 is 14.6 Å². The molecule has 1 heterocycles. The van der Waals surface area contributed by atoms with E-state index < -0.39 is 12.0 Å². The topological polar surface area (TPSA) is 76.4 Å². The van der Waals surface area contributed by atoms with Gasteiger partial charge in [0.1, 0.15) is 12.4 Å². The summed E-state index contributed by atoms with van der Waals surface area (Å²) in [5, 5.41) is 13.4. The minimum absolute atomic E-state index is 0.0663. The SMILES string of the molecule is Cc1ccccc1OC[C@@H](O)C(=O)NCCSc1nccn1C. The molecule has 124 valence electrons. The first-order chi connectivity index (χ1) is 11.1. The quantitative estimate of drug-likeness (QED) is 0.563. The molecule has 7 heteroatoms. The summed E-state index contributed by atoms with van der Waals surface area (Å²) in [5.74, 6) is 0.922. The molecule has 0 spiro atoms. The van der Waals surface area contributed by atoms with Crippen LogP contribution in [0.5, 0.6) is 5.75 Å². The summed E-state index contributed by atoms with van der Waals surface area (Å²) in [6, 6.07) is 7.48. The zero-order chi connectivity index (χ0) is 16.7. The van der Waals surface area contributed by atoms with Gasteiger partial charge < -0.3 is 19.7 Å². The summed E-state index contributed by atoms with van der Waals surface area (Å²) < 4.78 is 7.39. The first-order valence-electron chi connectivity index (χ1n) is 7.32. The summed E-state index contributed by atoms with van der Waals surface area (Å²) in [4.78, 5) is 16.0. The van der Waals surface area contributed by atoms with E-state index in [2.05, 4.69) is 10.3 Å². The van der Waals surface area contributed by atoms with E-state index in [9.17, 15) is 9.90 Å². The van der Waals surface area contributed by atoms with Crippen molar-refractivity contribution in [2.75, 3.05) is 18.9 Å². The normalized spacial score (nSPS) is 12.0. The molecule has 1 amide bonds. The molecule has 0 radical (unpaired) electrons. The van der Waals surface area contributed by atoms with Gasteiger partial charge in [0.2, 0.25) is 0 Å². The Morgan fingerprint density at radius 2 is 2.26 bits per heavy atom. The number of nitrogens with zero attached hydrogens (tertiary/aromatic N) is 2. The van der Waals surface area contributed by atoms with Gasteiger partial charge in [-0.15, -0.1) is 0 Å². The number of aromatic nitrogens is 2. The van der Waals surface area contributed by atoms with Crippen molar-refractivity contribution in [2.24, 2.45) is 7.05 Å². The number of hydrogen-bond donors (Lipinski definition) is 2. The molecule has 23 heavy (non-hydrogen) atoms. The Hall–Kier alpha value is -1.99. The highest BCUT2D eigenvalue weighted by molar-refractivity contribution is 7.99. The Morgan fingerprint density at radius 3 is 2.96 bits per heavy atom. The fraction of sp³-hybridized carbons (Fsp3) is 0.375. The molecule has 1 atom stereocenters. The Kier molecular flexibility index (Phi) is 6.49. The van der Waals surface area contributed by atoms with Gasteiger partial charge in [-0.05, 0) is 18.6 Å². The minimum Gasteiger partial charge on any atom is -0.490 e. The second kappa shape index (κ2) is 8.59. The van der Waals surface area contributed by atoms with E-state index in [1.165, 1.54) is 0 Å². The fourth-order valence-electron chi connectivity index (χ4n) is 1.89. The van der Waals surface area contributed by atoms with Gasteiger partial charge in [0.05, 0.1) is 0 Å². The van der Waals surface area contributed by atoms with Crippen LogP contribution in [0.1, 0.15) is 5.56 Å². The van der Waals surface area contributed by atoms with Crippen LogP contribution in [0.4, 0.5) is 0 Å². The van der Waals surface area contributed by atoms with Gasteiger partial charge in [0, 0.05) is 31.7 Å². The van der Waals surface area contributed by atoms with E-state index in [1.54, 1.807) is 18.0 Å². The summed E-state index contributed by atoms with van der Waals surface area (Å²) in [5.41, 5.74) is 0.964. The van der Waals surface area contributed by atoms with Crippen molar-refractivity contribution >= 4 is 17.7 Å².